The van der Waals surface area contributed by atoms with Crippen LogP contribution in [0.3, 0.4) is 0 Å². The molecule has 4 heteroatoms. The maximum atomic E-state index is 11.6. The molecule has 0 spiro atoms. The molecule has 0 radical (unpaired) electrons. The lowest BCUT2D eigenvalue weighted by Gasteiger charge is -2.31. The lowest BCUT2D eigenvalue weighted by atomic mass is 9.84. The maximum Gasteiger partial charge on any atom is 0.340 e. The summed E-state index contributed by atoms with van der Waals surface area (Å²) in [6, 6.07) is 5.55. The number of carboxylic acid groups (broad SMARTS) is 1. The van der Waals surface area contributed by atoms with E-state index < -0.39 is 5.97 Å². The van der Waals surface area contributed by atoms with Crippen molar-refractivity contribution in [2.45, 2.75) is 57.0 Å². The van der Waals surface area contributed by atoms with E-state index in [4.69, 9.17) is 4.74 Å². The van der Waals surface area contributed by atoms with Crippen LogP contribution < -0.4 is 4.74 Å². The van der Waals surface area contributed by atoms with Gasteiger partial charge in [0.1, 0.15) is 17.4 Å². The van der Waals surface area contributed by atoms with E-state index in [9.17, 15) is 9.90 Å². The van der Waals surface area contributed by atoms with Gasteiger partial charge in [0, 0.05) is 4.90 Å². The van der Waals surface area contributed by atoms with Gasteiger partial charge in [0.2, 0.25) is 0 Å². The zero-order valence-corrected chi connectivity index (χ0v) is 13.6. The normalized spacial score (nSPS) is 22.0. The molecular weight excluding hydrogens is 284 g/mol. The molecule has 1 aliphatic rings. The number of hydrogen-bond acceptors (Lipinski definition) is 3. The Labute approximate surface area is 131 Å². The number of aromatic carboxylic acids is 1. The number of benzene rings is 1. The Kier molecular flexibility index (Phi) is 5.97. The SMILES string of the molecule is CCSc1cccc(OC2CCCCC2CC)c1C(=O)O. The van der Waals surface area contributed by atoms with E-state index in [2.05, 4.69) is 6.92 Å². The number of thioether (sulfide) groups is 1. The molecule has 2 unspecified atom stereocenters. The van der Waals surface area contributed by atoms with Crippen molar-refractivity contribution in [3.63, 3.8) is 0 Å². The Balaban J connectivity index is 2.26. The highest BCUT2D eigenvalue weighted by atomic mass is 32.2. The van der Waals surface area contributed by atoms with Gasteiger partial charge in [0.15, 0.2) is 0 Å². The third kappa shape index (κ3) is 3.94. The largest absolute Gasteiger partial charge is 0.489 e. The Hall–Kier alpha value is -1.16. The molecule has 116 valence electrons. The van der Waals surface area contributed by atoms with Crippen molar-refractivity contribution in [2.75, 3.05) is 5.75 Å². The standard InChI is InChI=1S/C17H24O3S/c1-3-12-8-5-6-9-13(12)20-14-10-7-11-15(21-4-2)16(14)17(18)19/h7,10-13H,3-6,8-9H2,1-2H3,(H,18,19). The molecule has 2 rings (SSSR count). The summed E-state index contributed by atoms with van der Waals surface area (Å²) in [5.74, 6) is 1.03. The molecule has 1 fully saturated rings. The fourth-order valence-electron chi connectivity index (χ4n) is 3.05. The predicted octanol–water partition coefficient (Wildman–Crippen LogP) is 4.84. The first-order chi connectivity index (χ1) is 10.2. The van der Waals surface area contributed by atoms with Gasteiger partial charge in [0.25, 0.3) is 0 Å². The van der Waals surface area contributed by atoms with Crippen molar-refractivity contribution in [1.82, 2.24) is 0 Å². The molecule has 1 aromatic carbocycles. The lowest BCUT2D eigenvalue weighted by molar-refractivity contribution is 0.0659. The number of ether oxygens (including phenoxy) is 1. The minimum absolute atomic E-state index is 0.156. The topological polar surface area (TPSA) is 46.5 Å². The van der Waals surface area contributed by atoms with Crippen LogP contribution in [0.1, 0.15) is 56.3 Å². The van der Waals surface area contributed by atoms with Crippen LogP contribution in [0.15, 0.2) is 23.1 Å². The highest BCUT2D eigenvalue weighted by Gasteiger charge is 2.27. The van der Waals surface area contributed by atoms with Crippen molar-refractivity contribution >= 4 is 17.7 Å². The van der Waals surface area contributed by atoms with Crippen LogP contribution in [-0.2, 0) is 0 Å². The number of carboxylic acids is 1. The molecule has 0 saturated heterocycles. The first kappa shape index (κ1) is 16.2. The third-order valence-electron chi connectivity index (χ3n) is 4.14. The van der Waals surface area contributed by atoms with Crippen LogP contribution in [0.5, 0.6) is 5.75 Å². The number of carbonyl (C=O) groups is 1. The molecule has 1 saturated carbocycles. The van der Waals surface area contributed by atoms with Gasteiger partial charge in [-0.1, -0.05) is 26.3 Å². The first-order valence-corrected chi connectivity index (χ1v) is 8.81. The van der Waals surface area contributed by atoms with E-state index in [-0.39, 0.29) is 6.10 Å². The Morgan fingerprint density at radius 1 is 1.33 bits per heavy atom. The van der Waals surface area contributed by atoms with Gasteiger partial charge in [-0.2, -0.15) is 0 Å². The summed E-state index contributed by atoms with van der Waals surface area (Å²) >= 11 is 1.55. The van der Waals surface area contributed by atoms with Crippen LogP contribution in [0.25, 0.3) is 0 Å². The first-order valence-electron chi connectivity index (χ1n) is 7.83. The highest BCUT2D eigenvalue weighted by Crippen LogP contribution is 2.35. The van der Waals surface area contributed by atoms with E-state index in [1.54, 1.807) is 17.8 Å². The van der Waals surface area contributed by atoms with E-state index in [1.165, 1.54) is 19.3 Å². The molecule has 1 N–H and O–H groups in total. The molecule has 2 atom stereocenters. The van der Waals surface area contributed by atoms with Crippen molar-refractivity contribution < 1.29 is 14.6 Å². The summed E-state index contributed by atoms with van der Waals surface area (Å²) in [6.07, 6.45) is 5.90. The number of rotatable bonds is 6. The average molecular weight is 308 g/mol. The summed E-state index contributed by atoms with van der Waals surface area (Å²) < 4.78 is 6.14. The van der Waals surface area contributed by atoms with Gasteiger partial charge in [-0.25, -0.2) is 4.79 Å². The third-order valence-corrected chi connectivity index (χ3v) is 5.08. The van der Waals surface area contributed by atoms with Crippen LogP contribution in [0.2, 0.25) is 0 Å². The molecule has 21 heavy (non-hydrogen) atoms. The second-order valence-electron chi connectivity index (χ2n) is 5.48. The average Bonchev–Trinajstić information content (AvgIpc) is 2.48. The predicted molar refractivity (Wildman–Crippen MR) is 86.5 cm³/mol. The monoisotopic (exact) mass is 308 g/mol. The molecule has 0 aliphatic heterocycles. The second kappa shape index (κ2) is 7.74. The Morgan fingerprint density at radius 2 is 2.10 bits per heavy atom. The molecule has 1 aliphatic carbocycles. The fraction of sp³-hybridized carbons (Fsp3) is 0.588. The van der Waals surface area contributed by atoms with Crippen molar-refractivity contribution in [3.05, 3.63) is 23.8 Å². The minimum Gasteiger partial charge on any atom is -0.489 e. The van der Waals surface area contributed by atoms with Gasteiger partial charge < -0.3 is 9.84 Å². The zero-order valence-electron chi connectivity index (χ0n) is 12.8. The fourth-order valence-corrected chi connectivity index (χ4v) is 3.87. The lowest BCUT2D eigenvalue weighted by Crippen LogP contribution is -2.30. The Bertz CT molecular complexity index is 487. The molecule has 3 nitrogen and oxygen atoms in total. The molecule has 0 heterocycles. The summed E-state index contributed by atoms with van der Waals surface area (Å²) in [5, 5.41) is 9.53. The van der Waals surface area contributed by atoms with E-state index in [0.717, 1.165) is 23.5 Å². The summed E-state index contributed by atoms with van der Waals surface area (Å²) in [4.78, 5) is 12.4. The highest BCUT2D eigenvalue weighted by molar-refractivity contribution is 7.99. The smallest absolute Gasteiger partial charge is 0.340 e. The van der Waals surface area contributed by atoms with Crippen LogP contribution in [0, 0.1) is 5.92 Å². The summed E-state index contributed by atoms with van der Waals surface area (Å²) in [6.45, 7) is 4.21. The Morgan fingerprint density at radius 3 is 2.76 bits per heavy atom. The zero-order chi connectivity index (χ0) is 15.2. The summed E-state index contributed by atoms with van der Waals surface area (Å²) in [7, 11) is 0. The van der Waals surface area contributed by atoms with Gasteiger partial charge in [-0.05, 0) is 49.5 Å². The second-order valence-corrected chi connectivity index (χ2v) is 6.78. The van der Waals surface area contributed by atoms with Crippen molar-refractivity contribution in [1.29, 1.82) is 0 Å². The van der Waals surface area contributed by atoms with E-state index >= 15 is 0 Å². The molecule has 0 aromatic heterocycles. The van der Waals surface area contributed by atoms with Gasteiger partial charge in [-0.15, -0.1) is 11.8 Å². The number of hydrogen-bond donors (Lipinski definition) is 1. The van der Waals surface area contributed by atoms with E-state index in [1.807, 2.05) is 19.1 Å². The minimum atomic E-state index is -0.898. The van der Waals surface area contributed by atoms with Gasteiger partial charge >= 0.3 is 5.97 Å². The summed E-state index contributed by atoms with van der Waals surface area (Å²) in [5.41, 5.74) is 0.324. The molecule has 0 amide bonds. The van der Waals surface area contributed by atoms with Crippen molar-refractivity contribution in [3.8, 4) is 5.75 Å². The van der Waals surface area contributed by atoms with Gasteiger partial charge in [-0.3, -0.25) is 0 Å². The molecule has 0 bridgehead atoms. The van der Waals surface area contributed by atoms with Crippen LogP contribution in [0.4, 0.5) is 0 Å². The molecule has 1 aromatic rings. The van der Waals surface area contributed by atoms with Crippen LogP contribution >= 0.6 is 11.8 Å². The maximum absolute atomic E-state index is 11.6. The molecular formula is C17H24O3S. The van der Waals surface area contributed by atoms with E-state index in [0.29, 0.717) is 17.2 Å². The van der Waals surface area contributed by atoms with Crippen LogP contribution in [-0.4, -0.2) is 22.9 Å². The quantitative estimate of drug-likeness (QED) is 0.763. The van der Waals surface area contributed by atoms with Gasteiger partial charge in [0.05, 0.1) is 0 Å². The van der Waals surface area contributed by atoms with Crippen molar-refractivity contribution in [2.24, 2.45) is 5.92 Å².